The standard InChI is InChI=1S/C22H32N2O3/c1-16-14-19(16)21(26)23-13-10-20(25)24-15-22(11-4-3-5-12-22)17-6-8-18(27-2)9-7-17/h6-9,16,19H,3-5,10-15H2,1-2H3,(H,23,26)(H,24,25). The molecule has 27 heavy (non-hydrogen) atoms. The first-order chi connectivity index (χ1) is 13.0. The Morgan fingerprint density at radius 1 is 1.11 bits per heavy atom. The van der Waals surface area contributed by atoms with Crippen LogP contribution in [0.1, 0.15) is 57.4 Å². The predicted molar refractivity (Wildman–Crippen MR) is 106 cm³/mol. The number of benzene rings is 1. The molecule has 2 aliphatic rings. The average Bonchev–Trinajstić information content (AvgIpc) is 3.44. The van der Waals surface area contributed by atoms with E-state index < -0.39 is 0 Å². The fourth-order valence-corrected chi connectivity index (χ4v) is 4.21. The highest BCUT2D eigenvalue weighted by Gasteiger charge is 2.39. The van der Waals surface area contributed by atoms with Crippen LogP contribution in [-0.4, -0.2) is 32.0 Å². The van der Waals surface area contributed by atoms with Crippen molar-refractivity contribution in [2.45, 2.75) is 57.3 Å². The van der Waals surface area contributed by atoms with E-state index in [0.717, 1.165) is 25.0 Å². The molecule has 1 aromatic rings. The smallest absolute Gasteiger partial charge is 0.223 e. The zero-order chi connectivity index (χ0) is 19.3. The van der Waals surface area contributed by atoms with E-state index >= 15 is 0 Å². The van der Waals surface area contributed by atoms with Crippen molar-refractivity contribution in [2.24, 2.45) is 11.8 Å². The predicted octanol–water partition coefficient (Wildman–Crippen LogP) is 3.18. The minimum Gasteiger partial charge on any atom is -0.497 e. The number of rotatable bonds is 8. The first-order valence-electron chi connectivity index (χ1n) is 10.2. The molecule has 0 bridgehead atoms. The highest BCUT2D eigenvalue weighted by molar-refractivity contribution is 5.82. The maximum atomic E-state index is 12.3. The van der Waals surface area contributed by atoms with Gasteiger partial charge in [-0.2, -0.15) is 0 Å². The van der Waals surface area contributed by atoms with Crippen molar-refractivity contribution in [3.63, 3.8) is 0 Å². The molecule has 2 atom stereocenters. The van der Waals surface area contributed by atoms with Crippen LogP contribution in [0.3, 0.4) is 0 Å². The van der Waals surface area contributed by atoms with Crippen LogP contribution < -0.4 is 15.4 Å². The van der Waals surface area contributed by atoms with E-state index in [1.807, 2.05) is 12.1 Å². The molecule has 2 unspecified atom stereocenters. The van der Waals surface area contributed by atoms with Crippen molar-refractivity contribution >= 4 is 11.8 Å². The number of nitrogens with one attached hydrogen (secondary N) is 2. The third kappa shape index (κ3) is 5.02. The maximum Gasteiger partial charge on any atom is 0.223 e. The largest absolute Gasteiger partial charge is 0.497 e. The maximum absolute atomic E-state index is 12.3. The summed E-state index contributed by atoms with van der Waals surface area (Å²) in [5.41, 5.74) is 1.28. The third-order valence-corrected chi connectivity index (χ3v) is 6.23. The molecule has 0 aliphatic heterocycles. The van der Waals surface area contributed by atoms with Crippen LogP contribution in [0.5, 0.6) is 5.75 Å². The van der Waals surface area contributed by atoms with Crippen LogP contribution in [-0.2, 0) is 15.0 Å². The zero-order valence-corrected chi connectivity index (χ0v) is 16.6. The molecular weight excluding hydrogens is 340 g/mol. The van der Waals surface area contributed by atoms with Gasteiger partial charge in [0.1, 0.15) is 5.75 Å². The van der Waals surface area contributed by atoms with Crippen molar-refractivity contribution in [2.75, 3.05) is 20.2 Å². The fourth-order valence-electron chi connectivity index (χ4n) is 4.21. The lowest BCUT2D eigenvalue weighted by molar-refractivity contribution is -0.123. The summed E-state index contributed by atoms with van der Waals surface area (Å²) in [6.45, 7) is 3.16. The Kier molecular flexibility index (Phi) is 6.40. The van der Waals surface area contributed by atoms with Crippen LogP contribution in [0.15, 0.2) is 24.3 Å². The minimum atomic E-state index is 0.00682. The minimum absolute atomic E-state index is 0.00682. The molecule has 0 radical (unpaired) electrons. The molecule has 5 nitrogen and oxygen atoms in total. The summed E-state index contributed by atoms with van der Waals surface area (Å²) in [6.07, 6.45) is 7.15. The summed E-state index contributed by atoms with van der Waals surface area (Å²) in [4.78, 5) is 24.1. The second kappa shape index (κ2) is 8.77. The van der Waals surface area contributed by atoms with E-state index in [1.54, 1.807) is 7.11 Å². The summed E-state index contributed by atoms with van der Waals surface area (Å²) in [7, 11) is 1.67. The molecule has 0 saturated heterocycles. The monoisotopic (exact) mass is 372 g/mol. The van der Waals surface area contributed by atoms with Gasteiger partial charge in [-0.05, 0) is 42.9 Å². The molecule has 0 heterocycles. The summed E-state index contributed by atoms with van der Waals surface area (Å²) in [5.74, 6) is 1.62. The number of amides is 2. The molecule has 0 spiro atoms. The average molecular weight is 373 g/mol. The van der Waals surface area contributed by atoms with Gasteiger partial charge in [0.15, 0.2) is 0 Å². The van der Waals surface area contributed by atoms with E-state index in [2.05, 4.69) is 29.7 Å². The Labute approximate surface area is 162 Å². The van der Waals surface area contributed by atoms with E-state index in [9.17, 15) is 9.59 Å². The molecule has 148 valence electrons. The van der Waals surface area contributed by atoms with Crippen LogP contribution in [0.4, 0.5) is 0 Å². The topological polar surface area (TPSA) is 67.4 Å². The van der Waals surface area contributed by atoms with Gasteiger partial charge in [-0.15, -0.1) is 0 Å². The van der Waals surface area contributed by atoms with E-state index in [4.69, 9.17) is 4.74 Å². The van der Waals surface area contributed by atoms with Crippen molar-refractivity contribution in [3.05, 3.63) is 29.8 Å². The molecule has 2 fully saturated rings. The van der Waals surface area contributed by atoms with Gasteiger partial charge in [0.05, 0.1) is 7.11 Å². The Bertz CT molecular complexity index is 650. The molecule has 3 rings (SSSR count). The van der Waals surface area contributed by atoms with Gasteiger partial charge in [0.2, 0.25) is 11.8 Å². The van der Waals surface area contributed by atoms with Gasteiger partial charge in [0.25, 0.3) is 0 Å². The summed E-state index contributed by atoms with van der Waals surface area (Å²) >= 11 is 0. The van der Waals surface area contributed by atoms with Gasteiger partial charge in [-0.25, -0.2) is 0 Å². The van der Waals surface area contributed by atoms with Crippen molar-refractivity contribution < 1.29 is 14.3 Å². The Balaban J connectivity index is 1.51. The zero-order valence-electron chi connectivity index (χ0n) is 16.6. The van der Waals surface area contributed by atoms with Crippen LogP contribution in [0.2, 0.25) is 0 Å². The number of carbonyl (C=O) groups excluding carboxylic acids is 2. The molecule has 2 amide bonds. The van der Waals surface area contributed by atoms with Gasteiger partial charge >= 0.3 is 0 Å². The van der Waals surface area contributed by atoms with Gasteiger partial charge in [-0.3, -0.25) is 9.59 Å². The molecule has 2 saturated carbocycles. The number of hydrogen-bond acceptors (Lipinski definition) is 3. The normalized spacial score (nSPS) is 23.3. The van der Waals surface area contributed by atoms with Crippen LogP contribution in [0.25, 0.3) is 0 Å². The summed E-state index contributed by atoms with van der Waals surface area (Å²) < 4.78 is 5.27. The lowest BCUT2D eigenvalue weighted by Crippen LogP contribution is -2.43. The molecule has 1 aromatic carbocycles. The SMILES string of the molecule is COc1ccc(C2(CNC(=O)CCNC(=O)C3CC3C)CCCCC2)cc1. The Hall–Kier alpha value is -2.04. The fraction of sp³-hybridized carbons (Fsp3) is 0.636. The molecule has 0 aromatic heterocycles. The second-order valence-electron chi connectivity index (χ2n) is 8.21. The molecule has 5 heteroatoms. The molecular formula is C22H32N2O3. The van der Waals surface area contributed by atoms with Crippen LogP contribution >= 0.6 is 0 Å². The highest BCUT2D eigenvalue weighted by Crippen LogP contribution is 2.39. The highest BCUT2D eigenvalue weighted by atomic mass is 16.5. The summed E-state index contributed by atoms with van der Waals surface area (Å²) in [5, 5.41) is 6.01. The lowest BCUT2D eigenvalue weighted by Gasteiger charge is -2.38. The number of methoxy groups -OCH3 is 1. The van der Waals surface area contributed by atoms with E-state index in [1.165, 1.54) is 24.8 Å². The number of carbonyl (C=O) groups is 2. The van der Waals surface area contributed by atoms with Gasteiger partial charge in [0, 0.05) is 30.8 Å². The van der Waals surface area contributed by atoms with Gasteiger partial charge in [-0.1, -0.05) is 38.3 Å². The second-order valence-corrected chi connectivity index (χ2v) is 8.21. The van der Waals surface area contributed by atoms with Crippen molar-refractivity contribution in [1.29, 1.82) is 0 Å². The van der Waals surface area contributed by atoms with Gasteiger partial charge < -0.3 is 15.4 Å². The van der Waals surface area contributed by atoms with Crippen molar-refractivity contribution in [3.8, 4) is 5.75 Å². The first-order valence-corrected chi connectivity index (χ1v) is 10.2. The van der Waals surface area contributed by atoms with E-state index in [-0.39, 0.29) is 23.1 Å². The molecule has 2 aliphatic carbocycles. The first kappa shape index (κ1) is 19.7. The third-order valence-electron chi connectivity index (χ3n) is 6.23. The van der Waals surface area contributed by atoms with Crippen molar-refractivity contribution in [1.82, 2.24) is 10.6 Å². The van der Waals surface area contributed by atoms with Crippen LogP contribution in [0, 0.1) is 11.8 Å². The Morgan fingerprint density at radius 2 is 1.78 bits per heavy atom. The van der Waals surface area contributed by atoms with E-state index in [0.29, 0.717) is 25.4 Å². The summed E-state index contributed by atoms with van der Waals surface area (Å²) in [6, 6.07) is 8.27. The quantitative estimate of drug-likeness (QED) is 0.736. The molecule has 2 N–H and O–H groups in total. The number of hydrogen-bond donors (Lipinski definition) is 2. The number of ether oxygens (including phenoxy) is 1. The lowest BCUT2D eigenvalue weighted by atomic mass is 9.69. The Morgan fingerprint density at radius 3 is 2.37 bits per heavy atom.